The lowest BCUT2D eigenvalue weighted by atomic mass is 10.2. The van der Waals surface area contributed by atoms with Crippen molar-refractivity contribution in [2.24, 2.45) is 0 Å². The van der Waals surface area contributed by atoms with Crippen LogP contribution in [0.25, 0.3) is 0 Å². The number of aliphatic hydroxyl groups is 1. The molecular formula is C5H9NO2. The fraction of sp³-hybridized carbons (Fsp3) is 0.800. The van der Waals surface area contributed by atoms with Crippen LogP contribution in [-0.4, -0.2) is 23.2 Å². The molecular weight excluding hydrogens is 106 g/mol. The van der Waals surface area contributed by atoms with Crippen LogP contribution in [0.4, 0.5) is 0 Å². The van der Waals surface area contributed by atoms with E-state index in [4.69, 9.17) is 5.11 Å². The summed E-state index contributed by atoms with van der Waals surface area (Å²) in [6.45, 7) is 1.79. The van der Waals surface area contributed by atoms with Gasteiger partial charge in [0.15, 0.2) is 0 Å². The maximum Gasteiger partial charge on any atom is 0.222 e. The molecule has 0 aliphatic carbocycles. The number of amides is 1. The summed E-state index contributed by atoms with van der Waals surface area (Å²) in [5.74, 6) is -0.0509. The molecule has 0 aromatic heterocycles. The molecule has 1 aliphatic heterocycles. The van der Waals surface area contributed by atoms with E-state index in [0.29, 0.717) is 0 Å². The van der Waals surface area contributed by atoms with E-state index in [2.05, 4.69) is 5.32 Å². The highest BCUT2D eigenvalue weighted by Gasteiger charge is 2.25. The summed E-state index contributed by atoms with van der Waals surface area (Å²) in [6.07, 6.45) is -0.205. The summed E-state index contributed by atoms with van der Waals surface area (Å²) in [5, 5.41) is 11.5. The number of aliphatic hydroxyl groups excluding tert-OH is 1. The molecule has 0 bridgehead atoms. The van der Waals surface area contributed by atoms with Crippen LogP contribution in [0.2, 0.25) is 0 Å². The Kier molecular flexibility index (Phi) is 1.21. The zero-order valence-corrected chi connectivity index (χ0v) is 4.72. The number of hydrogen-bond acceptors (Lipinski definition) is 2. The van der Waals surface area contributed by atoms with E-state index in [-0.39, 0.29) is 18.4 Å². The van der Waals surface area contributed by atoms with Crippen LogP contribution in [0.1, 0.15) is 13.3 Å². The zero-order chi connectivity index (χ0) is 6.15. The largest absolute Gasteiger partial charge is 0.390 e. The van der Waals surface area contributed by atoms with Crippen molar-refractivity contribution >= 4 is 5.91 Å². The topological polar surface area (TPSA) is 49.3 Å². The Bertz CT molecular complexity index is 101. The molecule has 2 N–H and O–H groups in total. The van der Waals surface area contributed by atoms with Crippen molar-refractivity contribution in [1.82, 2.24) is 5.32 Å². The molecule has 3 heteroatoms. The molecule has 1 amide bonds. The molecule has 0 aromatic rings. The molecule has 1 fully saturated rings. The standard InChI is InChI=1S/C5H9NO2/c1-3-4(7)2-5(8)6-3/h3-4,7H,2H2,1H3,(H,6,8)/t3?,4-/m0/s1. The van der Waals surface area contributed by atoms with Gasteiger partial charge in [-0.1, -0.05) is 0 Å². The average Bonchev–Trinajstić information content (AvgIpc) is 1.85. The fourth-order valence-electron chi connectivity index (χ4n) is 0.776. The van der Waals surface area contributed by atoms with Gasteiger partial charge in [-0.05, 0) is 6.92 Å². The lowest BCUT2D eigenvalue weighted by molar-refractivity contribution is -0.119. The van der Waals surface area contributed by atoms with Crippen molar-refractivity contribution < 1.29 is 9.90 Å². The summed E-state index contributed by atoms with van der Waals surface area (Å²) in [7, 11) is 0. The van der Waals surface area contributed by atoms with Crippen molar-refractivity contribution in [2.45, 2.75) is 25.5 Å². The van der Waals surface area contributed by atoms with E-state index in [0.717, 1.165) is 0 Å². The third-order valence-electron chi connectivity index (χ3n) is 1.36. The predicted octanol–water partition coefficient (Wildman–Crippen LogP) is -0.744. The second-order valence-electron chi connectivity index (χ2n) is 2.13. The molecule has 2 atom stereocenters. The third-order valence-corrected chi connectivity index (χ3v) is 1.36. The smallest absolute Gasteiger partial charge is 0.222 e. The van der Waals surface area contributed by atoms with E-state index in [9.17, 15) is 4.79 Å². The first-order valence-corrected chi connectivity index (χ1v) is 2.67. The number of rotatable bonds is 0. The van der Waals surface area contributed by atoms with Gasteiger partial charge in [-0.25, -0.2) is 0 Å². The van der Waals surface area contributed by atoms with Crippen molar-refractivity contribution in [1.29, 1.82) is 0 Å². The van der Waals surface area contributed by atoms with Gasteiger partial charge < -0.3 is 10.4 Å². The minimum Gasteiger partial charge on any atom is -0.390 e. The molecule has 8 heavy (non-hydrogen) atoms. The maximum atomic E-state index is 10.4. The lowest BCUT2D eigenvalue weighted by Gasteiger charge is -2.03. The molecule has 0 saturated carbocycles. The number of nitrogens with one attached hydrogen (secondary N) is 1. The molecule has 46 valence electrons. The second-order valence-corrected chi connectivity index (χ2v) is 2.13. The SMILES string of the molecule is CC1NC(=O)C[C@@H]1O. The molecule has 0 radical (unpaired) electrons. The fourth-order valence-corrected chi connectivity index (χ4v) is 0.776. The normalized spacial score (nSPS) is 37.5. The quantitative estimate of drug-likeness (QED) is 0.436. The Morgan fingerprint density at radius 1 is 1.88 bits per heavy atom. The van der Waals surface area contributed by atoms with Crippen molar-refractivity contribution in [2.75, 3.05) is 0 Å². The molecule has 0 spiro atoms. The highest BCUT2D eigenvalue weighted by molar-refractivity contribution is 5.79. The maximum absolute atomic E-state index is 10.4. The van der Waals surface area contributed by atoms with E-state index < -0.39 is 6.10 Å². The summed E-state index contributed by atoms with van der Waals surface area (Å²) in [5.41, 5.74) is 0. The van der Waals surface area contributed by atoms with Gasteiger partial charge in [0.2, 0.25) is 5.91 Å². The summed E-state index contributed by atoms with van der Waals surface area (Å²) >= 11 is 0. The molecule has 1 saturated heterocycles. The van der Waals surface area contributed by atoms with Gasteiger partial charge in [-0.15, -0.1) is 0 Å². The van der Waals surface area contributed by atoms with Gasteiger partial charge in [0.25, 0.3) is 0 Å². The Labute approximate surface area is 47.7 Å². The molecule has 1 rings (SSSR count). The van der Waals surface area contributed by atoms with E-state index in [1.54, 1.807) is 6.92 Å². The van der Waals surface area contributed by atoms with Crippen molar-refractivity contribution in [3.05, 3.63) is 0 Å². The predicted molar refractivity (Wildman–Crippen MR) is 28.2 cm³/mol. The minimum absolute atomic E-state index is 0.0509. The monoisotopic (exact) mass is 115 g/mol. The Balaban J connectivity index is 2.51. The van der Waals surface area contributed by atoms with Crippen molar-refractivity contribution in [3.63, 3.8) is 0 Å². The van der Waals surface area contributed by atoms with Crippen molar-refractivity contribution in [3.8, 4) is 0 Å². The lowest BCUT2D eigenvalue weighted by Crippen LogP contribution is -2.27. The van der Waals surface area contributed by atoms with Gasteiger partial charge in [-0.2, -0.15) is 0 Å². The molecule has 1 heterocycles. The van der Waals surface area contributed by atoms with Crippen LogP contribution >= 0.6 is 0 Å². The van der Waals surface area contributed by atoms with E-state index in [1.165, 1.54) is 0 Å². The first-order valence-electron chi connectivity index (χ1n) is 2.67. The van der Waals surface area contributed by atoms with Gasteiger partial charge >= 0.3 is 0 Å². The first kappa shape index (κ1) is 5.56. The molecule has 3 nitrogen and oxygen atoms in total. The number of carbonyl (C=O) groups is 1. The third kappa shape index (κ3) is 0.816. The minimum atomic E-state index is -0.470. The summed E-state index contributed by atoms with van der Waals surface area (Å²) in [4.78, 5) is 10.4. The van der Waals surface area contributed by atoms with Gasteiger partial charge in [-0.3, -0.25) is 4.79 Å². The van der Waals surface area contributed by atoms with Crippen LogP contribution in [-0.2, 0) is 4.79 Å². The van der Waals surface area contributed by atoms with Crippen LogP contribution in [0.3, 0.4) is 0 Å². The van der Waals surface area contributed by atoms with Crippen LogP contribution in [0, 0.1) is 0 Å². The second kappa shape index (κ2) is 1.74. The van der Waals surface area contributed by atoms with Crippen LogP contribution < -0.4 is 5.32 Å². The van der Waals surface area contributed by atoms with E-state index in [1.807, 2.05) is 0 Å². The highest BCUT2D eigenvalue weighted by Crippen LogP contribution is 2.05. The Morgan fingerprint density at radius 2 is 2.50 bits per heavy atom. The summed E-state index contributed by atoms with van der Waals surface area (Å²) in [6, 6.07) is -0.0532. The Morgan fingerprint density at radius 3 is 2.62 bits per heavy atom. The van der Waals surface area contributed by atoms with Gasteiger partial charge in [0.05, 0.1) is 18.6 Å². The van der Waals surface area contributed by atoms with Crippen LogP contribution in [0.15, 0.2) is 0 Å². The molecule has 1 unspecified atom stereocenters. The molecule has 1 aliphatic rings. The number of hydrogen-bond donors (Lipinski definition) is 2. The summed E-state index contributed by atoms with van der Waals surface area (Å²) < 4.78 is 0. The average molecular weight is 115 g/mol. The van der Waals surface area contributed by atoms with E-state index >= 15 is 0 Å². The molecule has 0 aromatic carbocycles. The highest BCUT2D eigenvalue weighted by atomic mass is 16.3. The van der Waals surface area contributed by atoms with Gasteiger partial charge in [0, 0.05) is 0 Å². The van der Waals surface area contributed by atoms with Crippen LogP contribution in [0.5, 0.6) is 0 Å². The van der Waals surface area contributed by atoms with Gasteiger partial charge in [0.1, 0.15) is 0 Å². The number of carbonyl (C=O) groups excluding carboxylic acids is 1. The first-order chi connectivity index (χ1) is 3.70. The zero-order valence-electron chi connectivity index (χ0n) is 4.72. The Hall–Kier alpha value is -0.570.